The lowest BCUT2D eigenvalue weighted by atomic mass is 10.2. The highest BCUT2D eigenvalue weighted by atomic mass is 16.6. The van der Waals surface area contributed by atoms with Crippen molar-refractivity contribution in [2.45, 2.75) is 6.61 Å². The van der Waals surface area contributed by atoms with Crippen molar-refractivity contribution in [3.63, 3.8) is 0 Å². The summed E-state index contributed by atoms with van der Waals surface area (Å²) >= 11 is 0. The molecule has 0 radical (unpaired) electrons. The van der Waals surface area contributed by atoms with Crippen LogP contribution >= 0.6 is 0 Å². The Bertz CT molecular complexity index is 858. The minimum atomic E-state index is 0.216. The molecule has 130 valence electrons. The highest BCUT2D eigenvalue weighted by molar-refractivity contribution is 5.80. The number of aromatic hydroxyl groups is 1. The van der Waals surface area contributed by atoms with E-state index in [1.54, 1.807) is 48.8 Å². The minimum absolute atomic E-state index is 0.216. The zero-order valence-corrected chi connectivity index (χ0v) is 14.0. The van der Waals surface area contributed by atoms with Crippen LogP contribution in [-0.2, 0) is 11.4 Å². The Labute approximate surface area is 151 Å². The molecule has 0 amide bonds. The van der Waals surface area contributed by atoms with Crippen molar-refractivity contribution in [3.8, 4) is 11.5 Å². The summed E-state index contributed by atoms with van der Waals surface area (Å²) in [5.74, 6) is 0.829. The minimum Gasteiger partial charge on any atom is -0.508 e. The van der Waals surface area contributed by atoms with Crippen molar-refractivity contribution in [1.82, 2.24) is 0 Å². The first kappa shape index (κ1) is 17.2. The summed E-state index contributed by atoms with van der Waals surface area (Å²) in [6.07, 6.45) is 3.22. The molecule has 3 rings (SSSR count). The molecule has 0 saturated carbocycles. The topological polar surface area (TPSA) is 63.4 Å². The second-order valence-corrected chi connectivity index (χ2v) is 5.48. The van der Waals surface area contributed by atoms with E-state index in [-0.39, 0.29) is 5.75 Å². The summed E-state index contributed by atoms with van der Waals surface area (Å²) in [6.45, 7) is 0.435. The molecule has 3 aromatic carbocycles. The van der Waals surface area contributed by atoms with Gasteiger partial charge in [-0.25, -0.2) is 0 Å². The molecule has 0 saturated heterocycles. The van der Waals surface area contributed by atoms with Crippen LogP contribution in [0.25, 0.3) is 0 Å². The number of phenolic OH excluding ortho intramolecular Hbond substituents is 1. The van der Waals surface area contributed by atoms with Gasteiger partial charge in [-0.15, -0.1) is 0 Å². The van der Waals surface area contributed by atoms with Gasteiger partial charge in [0.05, 0.1) is 12.4 Å². The van der Waals surface area contributed by atoms with Crippen LogP contribution in [0, 0.1) is 0 Å². The first-order chi connectivity index (χ1) is 12.8. The number of oxime groups is 2. The Kier molecular flexibility index (Phi) is 5.99. The lowest BCUT2D eigenvalue weighted by Crippen LogP contribution is -1.89. The first-order valence-electron chi connectivity index (χ1n) is 8.08. The summed E-state index contributed by atoms with van der Waals surface area (Å²) in [4.78, 5) is 10.6. The summed E-state index contributed by atoms with van der Waals surface area (Å²) in [6, 6.07) is 23.9. The molecule has 0 aliphatic rings. The third-order valence-electron chi connectivity index (χ3n) is 3.48. The highest BCUT2D eigenvalue weighted by Gasteiger charge is 1.95. The predicted molar refractivity (Wildman–Crippen MR) is 102 cm³/mol. The molecule has 0 aliphatic carbocycles. The number of phenols is 1. The van der Waals surface area contributed by atoms with Crippen molar-refractivity contribution in [3.05, 3.63) is 95.6 Å². The second kappa shape index (κ2) is 9.03. The Hall–Kier alpha value is -3.60. The van der Waals surface area contributed by atoms with Crippen LogP contribution in [0.4, 0.5) is 0 Å². The van der Waals surface area contributed by atoms with Crippen LogP contribution in [0.2, 0.25) is 0 Å². The molecule has 3 aromatic rings. The molecule has 5 nitrogen and oxygen atoms in total. The maximum absolute atomic E-state index is 9.23. The summed E-state index contributed by atoms with van der Waals surface area (Å²) in [5.41, 5.74) is 2.80. The quantitative estimate of drug-likeness (QED) is 0.511. The molecule has 26 heavy (non-hydrogen) atoms. The lowest BCUT2D eigenvalue weighted by molar-refractivity contribution is 0.132. The van der Waals surface area contributed by atoms with E-state index in [0.717, 1.165) is 16.7 Å². The van der Waals surface area contributed by atoms with Crippen molar-refractivity contribution < 1.29 is 14.8 Å². The van der Waals surface area contributed by atoms with Gasteiger partial charge < -0.3 is 14.8 Å². The number of hydrogen-bond acceptors (Lipinski definition) is 5. The summed E-state index contributed by atoms with van der Waals surface area (Å²) in [7, 11) is 0. The summed E-state index contributed by atoms with van der Waals surface area (Å²) < 4.78 is 0. The highest BCUT2D eigenvalue weighted by Crippen LogP contribution is 2.12. The average Bonchev–Trinajstić information content (AvgIpc) is 2.69. The Morgan fingerprint density at radius 3 is 2.04 bits per heavy atom. The summed E-state index contributed by atoms with van der Waals surface area (Å²) in [5, 5.41) is 17.1. The molecule has 0 atom stereocenters. The fraction of sp³-hybridized carbons (Fsp3) is 0.0476. The van der Waals surface area contributed by atoms with Crippen molar-refractivity contribution in [1.29, 1.82) is 0 Å². The van der Waals surface area contributed by atoms with E-state index in [2.05, 4.69) is 10.3 Å². The van der Waals surface area contributed by atoms with E-state index in [1.165, 1.54) is 0 Å². The Balaban J connectivity index is 1.47. The van der Waals surface area contributed by atoms with Crippen LogP contribution in [0.3, 0.4) is 0 Å². The fourth-order valence-corrected chi connectivity index (χ4v) is 2.11. The second-order valence-electron chi connectivity index (χ2n) is 5.48. The van der Waals surface area contributed by atoms with Gasteiger partial charge in [-0.1, -0.05) is 40.6 Å². The monoisotopic (exact) mass is 346 g/mol. The molecular weight excluding hydrogens is 328 g/mol. The molecule has 0 spiro atoms. The Morgan fingerprint density at radius 1 is 0.731 bits per heavy atom. The van der Waals surface area contributed by atoms with E-state index in [4.69, 9.17) is 9.68 Å². The van der Waals surface area contributed by atoms with Gasteiger partial charge in [0.2, 0.25) is 0 Å². The van der Waals surface area contributed by atoms with E-state index >= 15 is 0 Å². The standard InChI is InChI=1S/C21H18N2O3/c24-20-10-6-17(7-11-20)15-23-26-21-12-8-18(9-13-21)14-22-25-16-19-4-2-1-3-5-19/h1-15,24H,16H2/b22-14+,23-15+. The molecule has 0 fully saturated rings. The van der Waals surface area contributed by atoms with Crippen LogP contribution in [0.5, 0.6) is 11.5 Å². The van der Waals surface area contributed by atoms with Crippen molar-refractivity contribution in [2.75, 3.05) is 0 Å². The van der Waals surface area contributed by atoms with E-state index in [0.29, 0.717) is 12.4 Å². The van der Waals surface area contributed by atoms with Gasteiger partial charge in [-0.05, 0) is 65.2 Å². The van der Waals surface area contributed by atoms with Gasteiger partial charge in [0.1, 0.15) is 12.4 Å². The van der Waals surface area contributed by atoms with Gasteiger partial charge in [0, 0.05) is 0 Å². The zero-order chi connectivity index (χ0) is 18.0. The number of hydrogen-bond donors (Lipinski definition) is 1. The normalized spacial score (nSPS) is 11.1. The van der Waals surface area contributed by atoms with Crippen LogP contribution < -0.4 is 4.84 Å². The first-order valence-corrected chi connectivity index (χ1v) is 8.08. The number of benzene rings is 3. The third kappa shape index (κ3) is 5.49. The number of nitrogens with zero attached hydrogens (tertiary/aromatic N) is 2. The smallest absolute Gasteiger partial charge is 0.158 e. The van der Waals surface area contributed by atoms with Gasteiger partial charge in [-0.3, -0.25) is 0 Å². The number of rotatable bonds is 7. The third-order valence-corrected chi connectivity index (χ3v) is 3.48. The largest absolute Gasteiger partial charge is 0.508 e. The predicted octanol–water partition coefficient (Wildman–Crippen LogP) is 4.36. The van der Waals surface area contributed by atoms with Crippen molar-refractivity contribution in [2.24, 2.45) is 10.3 Å². The van der Waals surface area contributed by atoms with Crippen LogP contribution in [-0.4, -0.2) is 17.5 Å². The molecule has 5 heteroatoms. The lowest BCUT2D eigenvalue weighted by Gasteiger charge is -2.00. The van der Waals surface area contributed by atoms with Gasteiger partial charge in [0.15, 0.2) is 5.75 Å². The molecule has 0 aromatic heterocycles. The van der Waals surface area contributed by atoms with Gasteiger partial charge >= 0.3 is 0 Å². The maximum atomic E-state index is 9.23. The molecule has 0 bridgehead atoms. The van der Waals surface area contributed by atoms with E-state index in [1.807, 2.05) is 42.5 Å². The molecule has 0 unspecified atom stereocenters. The molecule has 0 aliphatic heterocycles. The molecule has 0 heterocycles. The SMILES string of the molecule is Oc1ccc(/C=N/Oc2ccc(/C=N/OCc3ccccc3)cc2)cc1. The van der Waals surface area contributed by atoms with Crippen molar-refractivity contribution >= 4 is 12.4 Å². The fourth-order valence-electron chi connectivity index (χ4n) is 2.11. The van der Waals surface area contributed by atoms with Gasteiger partial charge in [0.25, 0.3) is 0 Å². The van der Waals surface area contributed by atoms with Crippen LogP contribution in [0.1, 0.15) is 16.7 Å². The van der Waals surface area contributed by atoms with Gasteiger partial charge in [-0.2, -0.15) is 0 Å². The van der Waals surface area contributed by atoms with E-state index < -0.39 is 0 Å². The Morgan fingerprint density at radius 2 is 1.35 bits per heavy atom. The van der Waals surface area contributed by atoms with E-state index in [9.17, 15) is 5.11 Å². The maximum Gasteiger partial charge on any atom is 0.158 e. The molecule has 1 N–H and O–H groups in total. The zero-order valence-electron chi connectivity index (χ0n) is 14.0. The average molecular weight is 346 g/mol. The molecular formula is C21H18N2O3. The van der Waals surface area contributed by atoms with Crippen LogP contribution in [0.15, 0.2) is 89.2 Å².